The van der Waals surface area contributed by atoms with Gasteiger partial charge < -0.3 is 4.74 Å². The van der Waals surface area contributed by atoms with Crippen molar-refractivity contribution >= 4 is 5.78 Å². The normalized spacial score (nSPS) is 12.0. The Morgan fingerprint density at radius 1 is 1.40 bits per heavy atom. The zero-order chi connectivity index (χ0) is 11.7. The van der Waals surface area contributed by atoms with Gasteiger partial charge >= 0.3 is 0 Å². The molecule has 15 heavy (non-hydrogen) atoms. The Bertz CT molecular complexity index is 205. The van der Waals surface area contributed by atoms with Gasteiger partial charge in [-0.15, -0.1) is 0 Å². The maximum Gasteiger partial charge on any atom is 0.133 e. The Hall–Kier alpha value is -0.790. The van der Waals surface area contributed by atoms with Crippen molar-refractivity contribution in [1.82, 2.24) is 0 Å². The lowest BCUT2D eigenvalue weighted by molar-refractivity contribution is -0.121. The van der Waals surface area contributed by atoms with E-state index in [2.05, 4.69) is 20.8 Å². The molecule has 0 aliphatic rings. The van der Waals surface area contributed by atoms with E-state index in [1.54, 1.807) is 13.4 Å². The number of methoxy groups -OCH3 is 1. The maximum absolute atomic E-state index is 11.6. The van der Waals surface area contributed by atoms with Crippen LogP contribution in [0.25, 0.3) is 0 Å². The quantitative estimate of drug-likeness (QED) is 0.573. The Morgan fingerprint density at radius 3 is 2.60 bits per heavy atom. The highest BCUT2D eigenvalue weighted by molar-refractivity contribution is 5.78. The molecule has 0 atom stereocenters. The Balaban J connectivity index is 3.90. The van der Waals surface area contributed by atoms with Crippen molar-refractivity contribution in [1.29, 1.82) is 0 Å². The SMILES string of the molecule is CCCCC(=O)CC(C)(C)C/C=C\OC. The molecule has 0 rings (SSSR count). The van der Waals surface area contributed by atoms with Gasteiger partial charge in [0.1, 0.15) is 5.78 Å². The van der Waals surface area contributed by atoms with Crippen molar-refractivity contribution in [2.24, 2.45) is 5.41 Å². The zero-order valence-electron chi connectivity index (χ0n) is 10.5. The topological polar surface area (TPSA) is 26.3 Å². The van der Waals surface area contributed by atoms with Gasteiger partial charge in [0.05, 0.1) is 13.4 Å². The zero-order valence-corrected chi connectivity index (χ0v) is 10.5. The predicted octanol–water partition coefficient (Wildman–Crippen LogP) is 3.71. The first-order valence-electron chi connectivity index (χ1n) is 5.71. The molecule has 2 heteroatoms. The molecule has 0 saturated carbocycles. The summed E-state index contributed by atoms with van der Waals surface area (Å²) in [7, 11) is 1.63. The lowest BCUT2D eigenvalue weighted by atomic mass is 9.83. The lowest BCUT2D eigenvalue weighted by Crippen LogP contribution is -2.16. The van der Waals surface area contributed by atoms with E-state index in [9.17, 15) is 4.79 Å². The van der Waals surface area contributed by atoms with Crippen molar-refractivity contribution in [3.8, 4) is 0 Å². The number of ketones is 1. The standard InChI is InChI=1S/C13H24O2/c1-5-6-8-12(14)11-13(2,3)9-7-10-15-4/h7,10H,5-6,8-9,11H2,1-4H3/b10-7-. The molecule has 88 valence electrons. The highest BCUT2D eigenvalue weighted by Gasteiger charge is 2.19. The molecule has 0 spiro atoms. The molecular weight excluding hydrogens is 188 g/mol. The van der Waals surface area contributed by atoms with Gasteiger partial charge in [-0.2, -0.15) is 0 Å². The summed E-state index contributed by atoms with van der Waals surface area (Å²) in [5.74, 6) is 0.382. The first-order chi connectivity index (χ1) is 7.02. The van der Waals surface area contributed by atoms with Gasteiger partial charge in [-0.1, -0.05) is 27.2 Å². The summed E-state index contributed by atoms with van der Waals surface area (Å²) in [6.07, 6.45) is 8.05. The van der Waals surface area contributed by atoms with Crippen molar-refractivity contribution in [2.45, 2.75) is 52.9 Å². The molecule has 0 aromatic rings. The molecule has 0 aromatic carbocycles. The molecule has 0 aromatic heterocycles. The third-order valence-electron chi connectivity index (χ3n) is 2.39. The van der Waals surface area contributed by atoms with Gasteiger partial charge in [-0.05, 0) is 24.3 Å². The fraction of sp³-hybridized carbons (Fsp3) is 0.769. The summed E-state index contributed by atoms with van der Waals surface area (Å²) < 4.78 is 4.84. The van der Waals surface area contributed by atoms with Crippen LogP contribution in [0, 0.1) is 5.41 Å². The molecule has 0 unspecified atom stereocenters. The molecule has 0 radical (unpaired) electrons. The molecule has 0 aliphatic carbocycles. The van der Waals surface area contributed by atoms with Crippen LogP contribution >= 0.6 is 0 Å². The minimum atomic E-state index is 0.0554. The van der Waals surface area contributed by atoms with Crippen LogP contribution in [0.5, 0.6) is 0 Å². The Labute approximate surface area is 93.7 Å². The highest BCUT2D eigenvalue weighted by Crippen LogP contribution is 2.26. The van der Waals surface area contributed by atoms with E-state index >= 15 is 0 Å². The summed E-state index contributed by atoms with van der Waals surface area (Å²) in [6, 6.07) is 0. The van der Waals surface area contributed by atoms with E-state index < -0.39 is 0 Å². The van der Waals surface area contributed by atoms with Crippen molar-refractivity contribution in [3.63, 3.8) is 0 Å². The maximum atomic E-state index is 11.6. The van der Waals surface area contributed by atoms with Crippen molar-refractivity contribution < 1.29 is 9.53 Å². The molecule has 0 saturated heterocycles. The molecule has 0 heterocycles. The second-order valence-electron chi connectivity index (χ2n) is 4.79. The first-order valence-corrected chi connectivity index (χ1v) is 5.71. The number of allylic oxidation sites excluding steroid dienone is 1. The number of hydrogen-bond acceptors (Lipinski definition) is 2. The van der Waals surface area contributed by atoms with E-state index in [1.165, 1.54) is 0 Å². The average molecular weight is 212 g/mol. The van der Waals surface area contributed by atoms with Crippen LogP contribution in [-0.4, -0.2) is 12.9 Å². The molecule has 0 amide bonds. The van der Waals surface area contributed by atoms with Gasteiger partial charge in [0, 0.05) is 12.8 Å². The fourth-order valence-corrected chi connectivity index (χ4v) is 1.53. The number of carbonyl (C=O) groups excluding carboxylic acids is 1. The van der Waals surface area contributed by atoms with E-state index in [0.29, 0.717) is 12.2 Å². The van der Waals surface area contributed by atoms with Gasteiger partial charge in [-0.3, -0.25) is 4.79 Å². The Kier molecular flexibility index (Phi) is 7.10. The van der Waals surface area contributed by atoms with Crippen LogP contribution in [0.15, 0.2) is 12.3 Å². The van der Waals surface area contributed by atoms with E-state index in [0.717, 1.165) is 25.7 Å². The van der Waals surface area contributed by atoms with Crippen LogP contribution in [-0.2, 0) is 9.53 Å². The largest absolute Gasteiger partial charge is 0.505 e. The summed E-state index contributed by atoms with van der Waals surface area (Å²) >= 11 is 0. The molecule has 0 fully saturated rings. The lowest BCUT2D eigenvalue weighted by Gasteiger charge is -2.21. The fourth-order valence-electron chi connectivity index (χ4n) is 1.53. The van der Waals surface area contributed by atoms with Gasteiger partial charge in [0.2, 0.25) is 0 Å². The monoisotopic (exact) mass is 212 g/mol. The van der Waals surface area contributed by atoms with Crippen LogP contribution in [0.3, 0.4) is 0 Å². The van der Waals surface area contributed by atoms with Gasteiger partial charge in [0.25, 0.3) is 0 Å². The highest BCUT2D eigenvalue weighted by atomic mass is 16.5. The average Bonchev–Trinajstić information content (AvgIpc) is 2.14. The smallest absolute Gasteiger partial charge is 0.133 e. The molecular formula is C13H24O2. The third-order valence-corrected chi connectivity index (χ3v) is 2.39. The summed E-state index contributed by atoms with van der Waals surface area (Å²) in [4.78, 5) is 11.6. The molecule has 0 bridgehead atoms. The number of unbranched alkanes of at least 4 members (excludes halogenated alkanes) is 1. The number of Topliss-reactive ketones (excluding diaryl/α,β-unsaturated/α-hetero) is 1. The summed E-state index contributed by atoms with van der Waals surface area (Å²) in [6.45, 7) is 6.35. The second kappa shape index (κ2) is 7.49. The number of rotatable bonds is 8. The van der Waals surface area contributed by atoms with Crippen LogP contribution < -0.4 is 0 Å². The third kappa shape index (κ3) is 8.22. The minimum absolute atomic E-state index is 0.0554. The molecule has 0 N–H and O–H groups in total. The van der Waals surface area contributed by atoms with Gasteiger partial charge in [0.15, 0.2) is 0 Å². The van der Waals surface area contributed by atoms with Gasteiger partial charge in [-0.25, -0.2) is 0 Å². The van der Waals surface area contributed by atoms with Crippen molar-refractivity contribution in [2.75, 3.05) is 7.11 Å². The number of hydrogen-bond donors (Lipinski definition) is 0. The predicted molar refractivity (Wildman–Crippen MR) is 63.7 cm³/mol. The van der Waals surface area contributed by atoms with Crippen molar-refractivity contribution in [3.05, 3.63) is 12.3 Å². The summed E-state index contributed by atoms with van der Waals surface area (Å²) in [5.41, 5.74) is 0.0554. The van der Waals surface area contributed by atoms with E-state index in [-0.39, 0.29) is 5.41 Å². The molecule has 0 aliphatic heterocycles. The molecule has 2 nitrogen and oxygen atoms in total. The Morgan fingerprint density at radius 2 is 2.07 bits per heavy atom. The van der Waals surface area contributed by atoms with Crippen LogP contribution in [0.4, 0.5) is 0 Å². The van der Waals surface area contributed by atoms with Crippen LogP contribution in [0.2, 0.25) is 0 Å². The number of carbonyl (C=O) groups is 1. The first kappa shape index (κ1) is 14.2. The van der Waals surface area contributed by atoms with E-state index in [4.69, 9.17) is 4.74 Å². The second-order valence-corrected chi connectivity index (χ2v) is 4.79. The van der Waals surface area contributed by atoms with Crippen LogP contribution in [0.1, 0.15) is 52.9 Å². The summed E-state index contributed by atoms with van der Waals surface area (Å²) in [5, 5.41) is 0. The van der Waals surface area contributed by atoms with E-state index in [1.807, 2.05) is 6.08 Å². The minimum Gasteiger partial charge on any atom is -0.505 e. The number of ether oxygens (including phenoxy) is 1.